The summed E-state index contributed by atoms with van der Waals surface area (Å²) in [4.78, 5) is 13.8. The van der Waals surface area contributed by atoms with Gasteiger partial charge in [0.25, 0.3) is 0 Å². The Morgan fingerprint density at radius 1 is 1.16 bits per heavy atom. The number of carboxylic acid groups (broad SMARTS) is 1. The van der Waals surface area contributed by atoms with E-state index in [0.717, 1.165) is 56.5 Å². The summed E-state index contributed by atoms with van der Waals surface area (Å²) in [7, 11) is 0. The van der Waals surface area contributed by atoms with Crippen molar-refractivity contribution in [1.29, 1.82) is 0 Å². The van der Waals surface area contributed by atoms with Crippen LogP contribution < -0.4 is 0 Å². The number of alkyl halides is 3. The zero-order chi connectivity index (χ0) is 23.9. The molecule has 0 aromatic heterocycles. The molecule has 1 aromatic carbocycles. The van der Waals surface area contributed by atoms with E-state index in [1.807, 2.05) is 6.08 Å². The molecule has 0 heterocycles. The highest BCUT2D eigenvalue weighted by molar-refractivity contribution is 5.67. The Hall–Kier alpha value is -1.82. The van der Waals surface area contributed by atoms with Gasteiger partial charge in [-0.2, -0.15) is 13.2 Å². The van der Waals surface area contributed by atoms with Gasteiger partial charge in [0.2, 0.25) is 0 Å². The van der Waals surface area contributed by atoms with Crippen molar-refractivity contribution >= 4 is 5.97 Å². The first kappa shape index (κ1) is 26.4. The number of hydrogen-bond acceptors (Lipinski definition) is 2. The van der Waals surface area contributed by atoms with Crippen LogP contribution in [0.3, 0.4) is 0 Å². The summed E-state index contributed by atoms with van der Waals surface area (Å²) in [5.74, 6) is 0.222. The van der Waals surface area contributed by atoms with Gasteiger partial charge in [-0.3, -0.25) is 9.69 Å². The fourth-order valence-corrected chi connectivity index (χ4v) is 4.74. The second kappa shape index (κ2) is 11.9. The summed E-state index contributed by atoms with van der Waals surface area (Å²) in [6.45, 7) is 12.3. The van der Waals surface area contributed by atoms with Crippen LogP contribution in [0.5, 0.6) is 0 Å². The van der Waals surface area contributed by atoms with E-state index in [4.69, 9.17) is 0 Å². The molecule has 0 amide bonds. The van der Waals surface area contributed by atoms with E-state index < -0.39 is 17.7 Å². The van der Waals surface area contributed by atoms with Crippen LogP contribution in [-0.4, -0.2) is 35.1 Å². The first-order chi connectivity index (χ1) is 15.0. The highest BCUT2D eigenvalue weighted by atomic mass is 19.4. The van der Waals surface area contributed by atoms with Crippen LogP contribution in [0.2, 0.25) is 0 Å². The second-order valence-electron chi connectivity index (χ2n) is 9.79. The van der Waals surface area contributed by atoms with Gasteiger partial charge < -0.3 is 5.11 Å². The Labute approximate surface area is 190 Å². The van der Waals surface area contributed by atoms with Crippen molar-refractivity contribution in [2.24, 2.45) is 17.8 Å². The molecule has 1 aromatic rings. The maximum absolute atomic E-state index is 13.1. The van der Waals surface area contributed by atoms with E-state index in [9.17, 15) is 23.1 Å². The van der Waals surface area contributed by atoms with Gasteiger partial charge in [0, 0.05) is 12.5 Å². The molecule has 4 unspecified atom stereocenters. The molecule has 32 heavy (non-hydrogen) atoms. The molecular formula is C26H38F3NO2. The van der Waals surface area contributed by atoms with Crippen LogP contribution >= 0.6 is 0 Å². The van der Waals surface area contributed by atoms with Gasteiger partial charge in [0.05, 0.1) is 5.56 Å². The lowest BCUT2D eigenvalue weighted by Gasteiger charge is -2.43. The first-order valence-electron chi connectivity index (χ1n) is 11.8. The zero-order valence-electron chi connectivity index (χ0n) is 19.6. The third-order valence-corrected chi connectivity index (χ3v) is 6.79. The highest BCUT2D eigenvalue weighted by Gasteiger charge is 2.36. The Kier molecular flexibility index (Phi) is 9.81. The molecule has 1 fully saturated rings. The van der Waals surface area contributed by atoms with Gasteiger partial charge in [-0.05, 0) is 86.6 Å². The fraction of sp³-hybridized carbons (Fsp3) is 0.654. The Balaban J connectivity index is 2.31. The molecule has 0 saturated heterocycles. The molecule has 0 radical (unpaired) electrons. The van der Waals surface area contributed by atoms with Gasteiger partial charge in [-0.25, -0.2) is 0 Å². The minimum Gasteiger partial charge on any atom is -0.481 e. The number of allylic oxidation sites excluding steroid dienone is 1. The molecule has 4 atom stereocenters. The fourth-order valence-electron chi connectivity index (χ4n) is 4.74. The third-order valence-electron chi connectivity index (χ3n) is 6.79. The van der Waals surface area contributed by atoms with Gasteiger partial charge in [-0.15, -0.1) is 6.58 Å². The van der Waals surface area contributed by atoms with Crippen molar-refractivity contribution in [2.75, 3.05) is 13.1 Å². The summed E-state index contributed by atoms with van der Waals surface area (Å²) < 4.78 is 39.2. The molecule has 0 aliphatic heterocycles. The topological polar surface area (TPSA) is 40.5 Å². The van der Waals surface area contributed by atoms with E-state index in [0.29, 0.717) is 18.3 Å². The first-order valence-corrected chi connectivity index (χ1v) is 11.8. The summed E-state index contributed by atoms with van der Waals surface area (Å²) >= 11 is 0. The number of halogens is 3. The molecule has 2 rings (SSSR count). The van der Waals surface area contributed by atoms with Gasteiger partial charge in [0.15, 0.2) is 0 Å². The lowest BCUT2D eigenvalue weighted by Crippen LogP contribution is -2.44. The number of carboxylic acids is 1. The molecule has 1 aliphatic rings. The van der Waals surface area contributed by atoms with Crippen molar-refractivity contribution in [2.45, 2.75) is 77.4 Å². The van der Waals surface area contributed by atoms with Crippen molar-refractivity contribution in [3.05, 3.63) is 48.0 Å². The maximum Gasteiger partial charge on any atom is 0.416 e. The normalized spacial score (nSPS) is 22.8. The number of nitrogens with zero attached hydrogens (tertiary/aromatic N) is 1. The largest absolute Gasteiger partial charge is 0.481 e. The molecule has 3 nitrogen and oxygen atoms in total. The quantitative estimate of drug-likeness (QED) is 0.367. The third kappa shape index (κ3) is 7.95. The molecule has 6 heteroatoms. The predicted molar refractivity (Wildman–Crippen MR) is 123 cm³/mol. The Bertz CT molecular complexity index is 730. The molecule has 180 valence electrons. The zero-order valence-corrected chi connectivity index (χ0v) is 19.6. The van der Waals surface area contributed by atoms with Crippen molar-refractivity contribution in [1.82, 2.24) is 4.90 Å². The smallest absolute Gasteiger partial charge is 0.416 e. The van der Waals surface area contributed by atoms with Crippen LogP contribution in [0, 0.1) is 17.8 Å². The van der Waals surface area contributed by atoms with Crippen LogP contribution in [0.1, 0.15) is 76.3 Å². The monoisotopic (exact) mass is 453 g/mol. The van der Waals surface area contributed by atoms with E-state index >= 15 is 0 Å². The van der Waals surface area contributed by atoms with E-state index in [1.54, 1.807) is 12.1 Å². The van der Waals surface area contributed by atoms with E-state index in [-0.39, 0.29) is 24.3 Å². The molecule has 0 bridgehead atoms. The van der Waals surface area contributed by atoms with E-state index in [2.05, 4.69) is 32.3 Å². The molecular weight excluding hydrogens is 415 g/mol. The lowest BCUT2D eigenvalue weighted by molar-refractivity contribution is -0.139. The standard InChI is InChI=1S/C26H38F3NO2/c1-5-19(4)13-15-30(14-12-18(2)3)24-11-6-20(17-25(31)32)16-23(24)21-7-9-22(10-8-21)26(27,28)29/h5,7-10,18-20,23-24H,1,6,11-17H2,2-4H3,(H,31,32). The van der Waals surface area contributed by atoms with Crippen molar-refractivity contribution in [3.8, 4) is 0 Å². The average Bonchev–Trinajstić information content (AvgIpc) is 2.72. The SMILES string of the molecule is C=CC(C)CCN(CCC(C)C)C1CCC(CC(=O)O)CC1c1ccc(C(F)(F)F)cc1. The Morgan fingerprint density at radius 3 is 2.31 bits per heavy atom. The highest BCUT2D eigenvalue weighted by Crippen LogP contribution is 2.41. The molecule has 0 spiro atoms. The number of carbonyl (C=O) groups is 1. The second-order valence-corrected chi connectivity index (χ2v) is 9.79. The van der Waals surface area contributed by atoms with Gasteiger partial charge >= 0.3 is 12.1 Å². The summed E-state index contributed by atoms with van der Waals surface area (Å²) in [6, 6.07) is 5.71. The maximum atomic E-state index is 13.1. The lowest BCUT2D eigenvalue weighted by atomic mass is 9.72. The number of benzene rings is 1. The van der Waals surface area contributed by atoms with Crippen molar-refractivity contribution < 1.29 is 23.1 Å². The Morgan fingerprint density at radius 2 is 1.78 bits per heavy atom. The minimum absolute atomic E-state index is 0.0292. The summed E-state index contributed by atoms with van der Waals surface area (Å²) in [5.41, 5.74) is 0.233. The molecule has 1 saturated carbocycles. The van der Waals surface area contributed by atoms with E-state index in [1.165, 1.54) is 0 Å². The molecule has 1 aliphatic carbocycles. The summed E-state index contributed by atoms with van der Waals surface area (Å²) in [6.07, 6.45) is 2.14. The van der Waals surface area contributed by atoms with Crippen LogP contribution in [0.4, 0.5) is 13.2 Å². The van der Waals surface area contributed by atoms with Crippen molar-refractivity contribution in [3.63, 3.8) is 0 Å². The summed E-state index contributed by atoms with van der Waals surface area (Å²) in [5, 5.41) is 9.30. The van der Waals surface area contributed by atoms with Crippen LogP contribution in [0.25, 0.3) is 0 Å². The average molecular weight is 454 g/mol. The number of aliphatic carboxylic acids is 1. The number of hydrogen-bond donors (Lipinski definition) is 1. The van der Waals surface area contributed by atoms with Crippen LogP contribution in [0.15, 0.2) is 36.9 Å². The molecule has 1 N–H and O–H groups in total. The predicted octanol–water partition coefficient (Wildman–Crippen LogP) is 6.99. The van der Waals surface area contributed by atoms with Gasteiger partial charge in [-0.1, -0.05) is 39.0 Å². The van der Waals surface area contributed by atoms with Crippen LogP contribution in [-0.2, 0) is 11.0 Å². The number of rotatable bonds is 11. The minimum atomic E-state index is -4.36. The van der Waals surface area contributed by atoms with Gasteiger partial charge in [0.1, 0.15) is 0 Å².